The molecule has 0 aliphatic heterocycles. The number of rotatable bonds is 8. The predicted octanol–water partition coefficient (Wildman–Crippen LogP) is 3.89. The van der Waals surface area contributed by atoms with E-state index in [1.54, 1.807) is 0 Å². The van der Waals surface area contributed by atoms with E-state index in [9.17, 15) is 9.59 Å². The molecule has 0 spiro atoms. The van der Waals surface area contributed by atoms with Crippen LogP contribution in [0.25, 0.3) is 0 Å². The van der Waals surface area contributed by atoms with Crippen LogP contribution in [0.1, 0.15) is 48.4 Å². The van der Waals surface area contributed by atoms with Gasteiger partial charge in [-0.2, -0.15) is 0 Å². The first-order valence-electron chi connectivity index (χ1n) is 9.84. The summed E-state index contributed by atoms with van der Waals surface area (Å²) in [7, 11) is 0. The Hall–Kier alpha value is -2.82. The second-order valence-corrected chi connectivity index (χ2v) is 7.14. The second-order valence-electron chi connectivity index (χ2n) is 7.14. The third kappa shape index (κ3) is 5.84. The highest BCUT2D eigenvalue weighted by molar-refractivity contribution is 5.80. The first kappa shape index (κ1) is 19.9. The molecule has 2 aromatic carbocycles. The topological polar surface area (TPSA) is 64.6 Å². The molecular formula is C23H27NO4. The highest BCUT2D eigenvalue weighted by Crippen LogP contribution is 2.29. The quantitative estimate of drug-likeness (QED) is 0.557. The van der Waals surface area contributed by atoms with Crippen LogP contribution in [0.3, 0.4) is 0 Å². The predicted molar refractivity (Wildman–Crippen MR) is 107 cm³/mol. The fraction of sp³-hybridized carbons (Fsp3) is 0.391. The third-order valence-electron chi connectivity index (χ3n) is 4.88. The van der Waals surface area contributed by atoms with Gasteiger partial charge in [-0.05, 0) is 55.9 Å². The minimum absolute atomic E-state index is 0.000869. The zero-order valence-electron chi connectivity index (χ0n) is 16.3. The molecule has 0 saturated carbocycles. The number of hydrogen-bond donors (Lipinski definition) is 1. The van der Waals surface area contributed by atoms with Gasteiger partial charge in [0.15, 0.2) is 6.61 Å². The summed E-state index contributed by atoms with van der Waals surface area (Å²) in [6.45, 7) is 2.21. The summed E-state index contributed by atoms with van der Waals surface area (Å²) in [6.07, 6.45) is 3.77. The van der Waals surface area contributed by atoms with Gasteiger partial charge >= 0.3 is 5.97 Å². The van der Waals surface area contributed by atoms with Crippen molar-refractivity contribution in [2.45, 2.75) is 45.1 Å². The van der Waals surface area contributed by atoms with Gasteiger partial charge in [0.1, 0.15) is 5.75 Å². The Balaban J connectivity index is 1.33. The Morgan fingerprint density at radius 3 is 2.71 bits per heavy atom. The van der Waals surface area contributed by atoms with Crippen LogP contribution in [-0.2, 0) is 20.7 Å². The van der Waals surface area contributed by atoms with Crippen molar-refractivity contribution in [1.82, 2.24) is 5.32 Å². The number of esters is 1. The molecule has 5 heteroatoms. The van der Waals surface area contributed by atoms with Gasteiger partial charge < -0.3 is 14.8 Å². The molecule has 0 bridgehead atoms. The maximum atomic E-state index is 12.2. The van der Waals surface area contributed by atoms with Gasteiger partial charge in [0.25, 0.3) is 5.91 Å². The number of benzene rings is 2. The van der Waals surface area contributed by atoms with E-state index in [1.165, 1.54) is 16.7 Å². The van der Waals surface area contributed by atoms with E-state index in [1.807, 2.05) is 43.3 Å². The lowest BCUT2D eigenvalue weighted by Crippen LogP contribution is -2.34. The number of hydrogen-bond acceptors (Lipinski definition) is 4. The van der Waals surface area contributed by atoms with Crippen LogP contribution in [0.15, 0.2) is 48.5 Å². The summed E-state index contributed by atoms with van der Waals surface area (Å²) in [6, 6.07) is 15.9. The molecule has 2 aromatic rings. The molecule has 1 atom stereocenters. The van der Waals surface area contributed by atoms with Gasteiger partial charge in [-0.15, -0.1) is 0 Å². The highest BCUT2D eigenvalue weighted by Gasteiger charge is 2.21. The van der Waals surface area contributed by atoms with E-state index < -0.39 is 0 Å². The average molecular weight is 381 g/mol. The van der Waals surface area contributed by atoms with Gasteiger partial charge in [0, 0.05) is 6.42 Å². The lowest BCUT2D eigenvalue weighted by atomic mass is 9.88. The molecule has 148 valence electrons. The molecule has 0 saturated heterocycles. The van der Waals surface area contributed by atoms with Crippen molar-refractivity contribution >= 4 is 11.9 Å². The molecular weight excluding hydrogens is 354 g/mol. The molecule has 28 heavy (non-hydrogen) atoms. The summed E-state index contributed by atoms with van der Waals surface area (Å²) in [4.78, 5) is 24.0. The third-order valence-corrected chi connectivity index (χ3v) is 4.88. The molecule has 1 N–H and O–H groups in total. The molecule has 0 aromatic heterocycles. The summed E-state index contributed by atoms with van der Waals surface area (Å²) in [5, 5.41) is 2.98. The van der Waals surface area contributed by atoms with E-state index in [4.69, 9.17) is 9.47 Å². The fourth-order valence-electron chi connectivity index (χ4n) is 3.40. The lowest BCUT2D eigenvalue weighted by molar-refractivity contribution is -0.149. The van der Waals surface area contributed by atoms with Crippen LogP contribution in [0.5, 0.6) is 5.75 Å². The number of amides is 1. The number of carbonyl (C=O) groups excluding carboxylic acids is 2. The van der Waals surface area contributed by atoms with Crippen LogP contribution in [0.4, 0.5) is 0 Å². The van der Waals surface area contributed by atoms with E-state index in [-0.39, 0.29) is 30.9 Å². The van der Waals surface area contributed by atoms with Crippen LogP contribution in [0.2, 0.25) is 0 Å². The van der Waals surface area contributed by atoms with Crippen LogP contribution in [-0.4, -0.2) is 25.1 Å². The Morgan fingerprint density at radius 2 is 1.89 bits per heavy atom. The molecule has 0 fully saturated rings. The Morgan fingerprint density at radius 1 is 1.11 bits per heavy atom. The first-order valence-corrected chi connectivity index (χ1v) is 9.84. The SMILES string of the molecule is Cc1ccc(OCCCC(=O)OCC(=O)N[C@@H]2CCCc3ccccc32)cc1. The van der Waals surface area contributed by atoms with Crippen molar-refractivity contribution in [2.75, 3.05) is 13.2 Å². The van der Waals surface area contributed by atoms with Crippen molar-refractivity contribution in [3.05, 3.63) is 65.2 Å². The van der Waals surface area contributed by atoms with Crippen molar-refractivity contribution in [2.24, 2.45) is 0 Å². The zero-order chi connectivity index (χ0) is 19.8. The van der Waals surface area contributed by atoms with Crippen molar-refractivity contribution in [3.63, 3.8) is 0 Å². The summed E-state index contributed by atoms with van der Waals surface area (Å²) in [5.41, 5.74) is 3.62. The number of ether oxygens (including phenoxy) is 2. The maximum Gasteiger partial charge on any atom is 0.306 e. The van der Waals surface area contributed by atoms with E-state index in [0.29, 0.717) is 13.0 Å². The molecule has 1 aliphatic carbocycles. The van der Waals surface area contributed by atoms with Crippen molar-refractivity contribution in [1.29, 1.82) is 0 Å². The van der Waals surface area contributed by atoms with Crippen LogP contribution < -0.4 is 10.1 Å². The van der Waals surface area contributed by atoms with Crippen LogP contribution in [0, 0.1) is 6.92 Å². The Kier molecular flexibility index (Phi) is 7.06. The van der Waals surface area contributed by atoms with E-state index in [2.05, 4.69) is 17.4 Å². The largest absolute Gasteiger partial charge is 0.494 e. The van der Waals surface area contributed by atoms with Gasteiger partial charge in [-0.1, -0.05) is 42.0 Å². The maximum absolute atomic E-state index is 12.2. The zero-order valence-corrected chi connectivity index (χ0v) is 16.3. The summed E-state index contributed by atoms with van der Waals surface area (Å²) >= 11 is 0. The molecule has 0 radical (unpaired) electrons. The van der Waals surface area contributed by atoms with Gasteiger partial charge in [0.05, 0.1) is 12.6 Å². The normalized spacial score (nSPS) is 15.4. The van der Waals surface area contributed by atoms with E-state index >= 15 is 0 Å². The summed E-state index contributed by atoms with van der Waals surface area (Å²) in [5.74, 6) is 0.142. The molecule has 3 rings (SSSR count). The van der Waals surface area contributed by atoms with Gasteiger partial charge in [0.2, 0.25) is 0 Å². The number of nitrogens with one attached hydrogen (secondary N) is 1. The lowest BCUT2D eigenvalue weighted by Gasteiger charge is -2.26. The smallest absolute Gasteiger partial charge is 0.306 e. The monoisotopic (exact) mass is 381 g/mol. The molecule has 5 nitrogen and oxygen atoms in total. The Labute approximate surface area is 166 Å². The highest BCUT2D eigenvalue weighted by atomic mass is 16.5. The average Bonchev–Trinajstić information content (AvgIpc) is 2.71. The number of aryl methyl sites for hydroxylation is 2. The summed E-state index contributed by atoms with van der Waals surface area (Å²) < 4.78 is 10.7. The molecule has 0 unspecified atom stereocenters. The standard InChI is InChI=1S/C23H27NO4/c1-17-11-13-19(14-12-17)27-15-5-10-23(26)28-16-22(25)24-21-9-4-7-18-6-2-3-8-20(18)21/h2-3,6,8,11-14,21H,4-5,7,9-10,15-16H2,1H3,(H,24,25)/t21-/m1/s1. The van der Waals surface area contributed by atoms with Gasteiger partial charge in [-0.25, -0.2) is 0 Å². The fourth-order valence-corrected chi connectivity index (χ4v) is 3.40. The second kappa shape index (κ2) is 9.93. The first-order chi connectivity index (χ1) is 13.6. The molecule has 1 amide bonds. The minimum atomic E-state index is -0.383. The number of fused-ring (bicyclic) bond motifs is 1. The molecule has 1 aliphatic rings. The Bertz CT molecular complexity index is 801. The van der Waals surface area contributed by atoms with Crippen molar-refractivity contribution < 1.29 is 19.1 Å². The van der Waals surface area contributed by atoms with Crippen LogP contribution >= 0.6 is 0 Å². The van der Waals surface area contributed by atoms with Gasteiger partial charge in [-0.3, -0.25) is 9.59 Å². The number of carbonyl (C=O) groups is 2. The van der Waals surface area contributed by atoms with Crippen molar-refractivity contribution in [3.8, 4) is 5.75 Å². The van der Waals surface area contributed by atoms with E-state index in [0.717, 1.165) is 25.0 Å². The molecule has 0 heterocycles. The minimum Gasteiger partial charge on any atom is -0.494 e.